The van der Waals surface area contributed by atoms with E-state index in [-0.39, 0.29) is 30.5 Å². The molecule has 0 spiro atoms. The Balaban J connectivity index is 2.00. The molecular formula is C17H21FN2O3. The number of methoxy groups -OCH3 is 1. The molecule has 0 unspecified atom stereocenters. The summed E-state index contributed by atoms with van der Waals surface area (Å²) in [5.74, 6) is -0.818. The highest BCUT2D eigenvalue weighted by molar-refractivity contribution is 5.89. The lowest BCUT2D eigenvalue weighted by atomic mass is 9.97. The van der Waals surface area contributed by atoms with Gasteiger partial charge in [-0.3, -0.25) is 9.59 Å². The number of hydrogen-bond donors (Lipinski definition) is 2. The highest BCUT2D eigenvalue weighted by Crippen LogP contribution is 2.20. The zero-order valence-electron chi connectivity index (χ0n) is 13.5. The number of amides is 1. The van der Waals surface area contributed by atoms with Crippen molar-refractivity contribution in [2.24, 2.45) is 0 Å². The van der Waals surface area contributed by atoms with E-state index in [1.165, 1.54) is 19.2 Å². The van der Waals surface area contributed by atoms with Crippen LogP contribution in [0, 0.1) is 5.82 Å². The van der Waals surface area contributed by atoms with Gasteiger partial charge in [-0.1, -0.05) is 0 Å². The Labute approximate surface area is 134 Å². The molecule has 0 radical (unpaired) electrons. The van der Waals surface area contributed by atoms with E-state index in [0.29, 0.717) is 11.8 Å². The second-order valence-electron chi connectivity index (χ2n) is 6.19. The molecule has 1 amide bonds. The number of fused-ring (bicyclic) bond motifs is 1. The molecule has 0 aliphatic rings. The Hall–Kier alpha value is -2.37. The first kappa shape index (κ1) is 17.0. The van der Waals surface area contributed by atoms with Gasteiger partial charge in [0, 0.05) is 29.1 Å². The van der Waals surface area contributed by atoms with Gasteiger partial charge in [-0.25, -0.2) is 4.39 Å². The number of rotatable bonds is 6. The fourth-order valence-corrected chi connectivity index (χ4v) is 2.47. The van der Waals surface area contributed by atoms with Crippen molar-refractivity contribution in [1.82, 2.24) is 10.3 Å². The second-order valence-corrected chi connectivity index (χ2v) is 6.19. The predicted molar refractivity (Wildman–Crippen MR) is 85.4 cm³/mol. The molecule has 0 saturated carbocycles. The lowest BCUT2D eigenvalue weighted by molar-refractivity contribution is -0.141. The monoisotopic (exact) mass is 320 g/mol. The maximum Gasteiger partial charge on any atom is 0.305 e. The lowest BCUT2D eigenvalue weighted by Crippen LogP contribution is -2.44. The Kier molecular flexibility index (Phi) is 5.03. The number of ether oxygens (including phenoxy) is 1. The smallest absolute Gasteiger partial charge is 0.305 e. The van der Waals surface area contributed by atoms with E-state index in [2.05, 4.69) is 15.0 Å². The number of carbonyl (C=O) groups excluding carboxylic acids is 2. The van der Waals surface area contributed by atoms with Crippen molar-refractivity contribution in [3.8, 4) is 0 Å². The fourth-order valence-electron chi connectivity index (χ4n) is 2.47. The van der Waals surface area contributed by atoms with E-state index in [1.54, 1.807) is 12.3 Å². The van der Waals surface area contributed by atoms with Gasteiger partial charge in [0.1, 0.15) is 5.82 Å². The number of halogens is 1. The molecule has 1 aromatic heterocycles. The first-order chi connectivity index (χ1) is 10.8. The predicted octanol–water partition coefficient (Wildman–Crippen LogP) is 2.70. The Bertz CT molecular complexity index is 722. The molecule has 5 nitrogen and oxygen atoms in total. The van der Waals surface area contributed by atoms with Crippen molar-refractivity contribution in [3.63, 3.8) is 0 Å². The molecular weight excluding hydrogens is 299 g/mol. The zero-order chi connectivity index (χ0) is 17.0. The summed E-state index contributed by atoms with van der Waals surface area (Å²) in [6.07, 6.45) is 2.58. The summed E-state index contributed by atoms with van der Waals surface area (Å²) in [7, 11) is 1.34. The average Bonchev–Trinajstić information content (AvgIpc) is 2.86. The number of esters is 1. The number of aromatic amines is 1. The normalized spacial score (nSPS) is 11.5. The van der Waals surface area contributed by atoms with E-state index in [0.717, 1.165) is 11.1 Å². The molecule has 0 aliphatic carbocycles. The van der Waals surface area contributed by atoms with Crippen LogP contribution in [0.2, 0.25) is 0 Å². The topological polar surface area (TPSA) is 71.2 Å². The largest absolute Gasteiger partial charge is 0.469 e. The molecule has 6 heteroatoms. The van der Waals surface area contributed by atoms with E-state index in [1.807, 2.05) is 13.8 Å². The third-order valence-corrected chi connectivity index (χ3v) is 3.74. The second kappa shape index (κ2) is 6.81. The van der Waals surface area contributed by atoms with E-state index in [9.17, 15) is 14.0 Å². The van der Waals surface area contributed by atoms with Gasteiger partial charge in [-0.05, 0) is 44.0 Å². The van der Waals surface area contributed by atoms with Gasteiger partial charge in [-0.2, -0.15) is 0 Å². The molecule has 0 fully saturated rings. The summed E-state index contributed by atoms with van der Waals surface area (Å²) >= 11 is 0. The van der Waals surface area contributed by atoms with Gasteiger partial charge >= 0.3 is 5.97 Å². The van der Waals surface area contributed by atoms with Gasteiger partial charge in [0.05, 0.1) is 13.5 Å². The standard InChI is InChI=1S/C17H21FN2O3/c1-17(2,7-6-16(22)23-3)20-15(21)8-11-10-19-14-5-4-12(18)9-13(11)14/h4-5,9-10,19H,6-8H2,1-3H3,(H,20,21). The highest BCUT2D eigenvalue weighted by Gasteiger charge is 2.22. The van der Waals surface area contributed by atoms with Crippen LogP contribution in [0.1, 0.15) is 32.3 Å². The highest BCUT2D eigenvalue weighted by atomic mass is 19.1. The molecule has 2 rings (SSSR count). The number of H-pyrrole nitrogens is 1. The van der Waals surface area contributed by atoms with Crippen molar-refractivity contribution in [2.75, 3.05) is 7.11 Å². The van der Waals surface area contributed by atoms with E-state index in [4.69, 9.17) is 0 Å². The van der Waals surface area contributed by atoms with Crippen molar-refractivity contribution in [3.05, 3.63) is 35.8 Å². The van der Waals surface area contributed by atoms with Crippen LogP contribution in [-0.4, -0.2) is 29.5 Å². The molecule has 23 heavy (non-hydrogen) atoms. The SMILES string of the molecule is COC(=O)CCC(C)(C)NC(=O)Cc1c[nH]c2ccc(F)cc12. The van der Waals surface area contributed by atoms with Crippen molar-refractivity contribution < 1.29 is 18.7 Å². The van der Waals surface area contributed by atoms with Gasteiger partial charge < -0.3 is 15.0 Å². The number of benzene rings is 1. The first-order valence-corrected chi connectivity index (χ1v) is 7.44. The molecule has 1 aromatic carbocycles. The van der Waals surface area contributed by atoms with Gasteiger partial charge in [-0.15, -0.1) is 0 Å². The maximum atomic E-state index is 13.4. The summed E-state index contributed by atoms with van der Waals surface area (Å²) in [5.41, 5.74) is 1.00. The summed E-state index contributed by atoms with van der Waals surface area (Å²) < 4.78 is 18.0. The summed E-state index contributed by atoms with van der Waals surface area (Å²) in [6, 6.07) is 4.43. The van der Waals surface area contributed by atoms with Crippen molar-refractivity contribution in [2.45, 2.75) is 38.6 Å². The molecule has 0 atom stereocenters. The minimum absolute atomic E-state index is 0.144. The maximum absolute atomic E-state index is 13.4. The third-order valence-electron chi connectivity index (χ3n) is 3.74. The van der Waals surface area contributed by atoms with Crippen LogP contribution in [0.15, 0.2) is 24.4 Å². The van der Waals surface area contributed by atoms with E-state index >= 15 is 0 Å². The van der Waals surface area contributed by atoms with Crippen LogP contribution in [-0.2, 0) is 20.7 Å². The molecule has 124 valence electrons. The van der Waals surface area contributed by atoms with Crippen LogP contribution in [0.4, 0.5) is 4.39 Å². The Morgan fingerprint density at radius 1 is 1.35 bits per heavy atom. The van der Waals surface area contributed by atoms with Crippen LogP contribution in [0.3, 0.4) is 0 Å². The quantitative estimate of drug-likeness (QED) is 0.804. The van der Waals surface area contributed by atoms with Crippen LogP contribution < -0.4 is 5.32 Å². The van der Waals surface area contributed by atoms with Gasteiger partial charge in [0.25, 0.3) is 0 Å². The Morgan fingerprint density at radius 3 is 2.78 bits per heavy atom. The van der Waals surface area contributed by atoms with Crippen LogP contribution in [0.25, 0.3) is 10.9 Å². The lowest BCUT2D eigenvalue weighted by Gasteiger charge is -2.25. The number of aromatic nitrogens is 1. The number of nitrogens with one attached hydrogen (secondary N) is 2. The third kappa shape index (κ3) is 4.55. The molecule has 1 heterocycles. The van der Waals surface area contributed by atoms with Crippen LogP contribution >= 0.6 is 0 Å². The zero-order valence-corrected chi connectivity index (χ0v) is 13.5. The Morgan fingerprint density at radius 2 is 2.09 bits per heavy atom. The molecule has 0 saturated heterocycles. The minimum Gasteiger partial charge on any atom is -0.469 e. The molecule has 2 N–H and O–H groups in total. The summed E-state index contributed by atoms with van der Waals surface area (Å²) in [4.78, 5) is 26.5. The average molecular weight is 320 g/mol. The fraction of sp³-hybridized carbons (Fsp3) is 0.412. The van der Waals surface area contributed by atoms with E-state index < -0.39 is 5.54 Å². The summed E-state index contributed by atoms with van der Waals surface area (Å²) in [5, 5.41) is 3.60. The van der Waals surface area contributed by atoms with Gasteiger partial charge in [0.2, 0.25) is 5.91 Å². The first-order valence-electron chi connectivity index (χ1n) is 7.44. The molecule has 0 bridgehead atoms. The van der Waals surface area contributed by atoms with Crippen LogP contribution in [0.5, 0.6) is 0 Å². The number of hydrogen-bond acceptors (Lipinski definition) is 3. The summed E-state index contributed by atoms with van der Waals surface area (Å²) in [6.45, 7) is 3.70. The molecule has 2 aromatic rings. The van der Waals surface area contributed by atoms with Crippen molar-refractivity contribution >= 4 is 22.8 Å². The van der Waals surface area contributed by atoms with Gasteiger partial charge in [0.15, 0.2) is 0 Å². The minimum atomic E-state index is -0.525. The number of carbonyl (C=O) groups is 2. The van der Waals surface area contributed by atoms with Crippen molar-refractivity contribution in [1.29, 1.82) is 0 Å². The molecule has 0 aliphatic heterocycles.